The second kappa shape index (κ2) is 8.16. The molecular formula is C17H20N4O3. The summed E-state index contributed by atoms with van der Waals surface area (Å²) >= 11 is 0. The first-order chi connectivity index (χ1) is 11.5. The summed E-state index contributed by atoms with van der Waals surface area (Å²) in [6.07, 6.45) is 1.81. The minimum absolute atomic E-state index is 0.192. The van der Waals surface area contributed by atoms with Gasteiger partial charge in [-0.25, -0.2) is 0 Å². The first-order valence-corrected chi connectivity index (χ1v) is 7.67. The van der Waals surface area contributed by atoms with Crippen LogP contribution in [0.2, 0.25) is 0 Å². The smallest absolute Gasteiger partial charge is 0.288 e. The number of aryl methyl sites for hydroxylation is 1. The zero-order valence-electron chi connectivity index (χ0n) is 13.5. The van der Waals surface area contributed by atoms with Crippen molar-refractivity contribution in [2.75, 3.05) is 13.1 Å². The van der Waals surface area contributed by atoms with Crippen molar-refractivity contribution < 1.29 is 9.72 Å². The summed E-state index contributed by atoms with van der Waals surface area (Å²) in [6, 6.07) is 10.9. The lowest BCUT2D eigenvalue weighted by Gasteiger charge is -2.23. The fourth-order valence-corrected chi connectivity index (χ4v) is 2.35. The molecule has 0 bridgehead atoms. The van der Waals surface area contributed by atoms with Crippen LogP contribution < -0.4 is 5.73 Å². The fraction of sp³-hybridized carbons (Fsp3) is 0.294. The van der Waals surface area contributed by atoms with Gasteiger partial charge in [0.05, 0.1) is 16.2 Å². The SMILES string of the molecule is Cc1ncc([N+](=O)[O-])cc1C(=O)N(CCCN)Cc1ccccc1. The van der Waals surface area contributed by atoms with E-state index < -0.39 is 4.92 Å². The third-order valence-electron chi connectivity index (χ3n) is 3.65. The summed E-state index contributed by atoms with van der Waals surface area (Å²) in [5, 5.41) is 10.9. The predicted molar refractivity (Wildman–Crippen MR) is 90.5 cm³/mol. The Kier molecular flexibility index (Phi) is 5.97. The van der Waals surface area contributed by atoms with E-state index in [-0.39, 0.29) is 17.2 Å². The van der Waals surface area contributed by atoms with Gasteiger partial charge in [0.1, 0.15) is 6.20 Å². The number of hydrogen-bond donors (Lipinski definition) is 1. The van der Waals surface area contributed by atoms with Crippen molar-refractivity contribution in [3.63, 3.8) is 0 Å². The van der Waals surface area contributed by atoms with Crippen LogP contribution in [0, 0.1) is 17.0 Å². The molecule has 0 aliphatic heterocycles. The van der Waals surface area contributed by atoms with Crippen LogP contribution in [0.4, 0.5) is 5.69 Å². The lowest BCUT2D eigenvalue weighted by atomic mass is 10.1. The minimum Gasteiger partial charge on any atom is -0.334 e. The Balaban J connectivity index is 2.30. The summed E-state index contributed by atoms with van der Waals surface area (Å²) in [6.45, 7) is 3.03. The Morgan fingerprint density at radius 3 is 2.67 bits per heavy atom. The normalized spacial score (nSPS) is 10.4. The third kappa shape index (κ3) is 4.36. The topological polar surface area (TPSA) is 102 Å². The minimum atomic E-state index is -0.551. The molecule has 0 aliphatic rings. The molecule has 0 atom stereocenters. The van der Waals surface area contributed by atoms with E-state index in [1.54, 1.807) is 11.8 Å². The number of amides is 1. The number of pyridine rings is 1. The number of nitrogens with zero attached hydrogens (tertiary/aromatic N) is 3. The second-order valence-electron chi connectivity index (χ2n) is 5.44. The van der Waals surface area contributed by atoms with Crippen molar-refractivity contribution in [1.82, 2.24) is 9.88 Å². The predicted octanol–water partition coefficient (Wildman–Crippen LogP) is 2.29. The van der Waals surface area contributed by atoms with Gasteiger partial charge < -0.3 is 10.6 Å². The monoisotopic (exact) mass is 328 g/mol. The van der Waals surface area contributed by atoms with Crippen LogP contribution in [-0.2, 0) is 6.54 Å². The molecule has 126 valence electrons. The van der Waals surface area contributed by atoms with Gasteiger partial charge >= 0.3 is 0 Å². The van der Waals surface area contributed by atoms with Crippen LogP contribution in [0.1, 0.15) is 28.0 Å². The summed E-state index contributed by atoms with van der Waals surface area (Å²) in [7, 11) is 0. The number of benzene rings is 1. The molecule has 0 saturated carbocycles. The van der Waals surface area contributed by atoms with Crippen molar-refractivity contribution >= 4 is 11.6 Å². The summed E-state index contributed by atoms with van der Waals surface area (Å²) < 4.78 is 0. The maximum Gasteiger partial charge on any atom is 0.288 e. The molecule has 7 heteroatoms. The number of nitrogens with two attached hydrogens (primary N) is 1. The van der Waals surface area contributed by atoms with E-state index in [0.29, 0.717) is 31.7 Å². The van der Waals surface area contributed by atoms with Crippen molar-refractivity contribution in [2.24, 2.45) is 5.73 Å². The molecule has 2 N–H and O–H groups in total. The maximum absolute atomic E-state index is 12.9. The quantitative estimate of drug-likeness (QED) is 0.620. The number of aromatic nitrogens is 1. The van der Waals surface area contributed by atoms with E-state index >= 15 is 0 Å². The first-order valence-electron chi connectivity index (χ1n) is 7.67. The summed E-state index contributed by atoms with van der Waals surface area (Å²) in [5.74, 6) is -0.277. The van der Waals surface area contributed by atoms with Gasteiger partial charge in [-0.1, -0.05) is 30.3 Å². The number of carbonyl (C=O) groups is 1. The van der Waals surface area contributed by atoms with Gasteiger partial charge in [-0.2, -0.15) is 0 Å². The van der Waals surface area contributed by atoms with Crippen LogP contribution in [0.15, 0.2) is 42.6 Å². The van der Waals surface area contributed by atoms with E-state index in [0.717, 1.165) is 11.8 Å². The van der Waals surface area contributed by atoms with Crippen molar-refractivity contribution in [3.8, 4) is 0 Å². The highest BCUT2D eigenvalue weighted by molar-refractivity contribution is 5.95. The molecule has 2 aromatic rings. The molecule has 0 radical (unpaired) electrons. The molecule has 1 aromatic heterocycles. The Labute approximate surface area is 140 Å². The Bertz CT molecular complexity index is 719. The van der Waals surface area contributed by atoms with Crippen LogP contribution in [0.5, 0.6) is 0 Å². The van der Waals surface area contributed by atoms with Crippen LogP contribution >= 0.6 is 0 Å². The van der Waals surface area contributed by atoms with Crippen molar-refractivity contribution in [2.45, 2.75) is 19.9 Å². The van der Waals surface area contributed by atoms with Gasteiger partial charge in [0, 0.05) is 19.2 Å². The molecule has 2 rings (SSSR count). The first kappa shape index (κ1) is 17.6. The summed E-state index contributed by atoms with van der Waals surface area (Å²) in [5.41, 5.74) is 7.07. The van der Waals surface area contributed by atoms with Gasteiger partial charge in [0.2, 0.25) is 0 Å². The number of rotatable bonds is 7. The second-order valence-corrected chi connectivity index (χ2v) is 5.44. The zero-order valence-corrected chi connectivity index (χ0v) is 13.5. The van der Waals surface area contributed by atoms with E-state index in [1.165, 1.54) is 6.07 Å². The molecule has 1 amide bonds. The van der Waals surface area contributed by atoms with Crippen LogP contribution in [0.3, 0.4) is 0 Å². The van der Waals surface area contributed by atoms with Crippen molar-refractivity contribution in [3.05, 3.63) is 69.5 Å². The molecule has 24 heavy (non-hydrogen) atoms. The third-order valence-corrected chi connectivity index (χ3v) is 3.65. The van der Waals surface area contributed by atoms with Gasteiger partial charge in [-0.05, 0) is 25.5 Å². The zero-order chi connectivity index (χ0) is 17.5. The van der Waals surface area contributed by atoms with E-state index in [4.69, 9.17) is 5.73 Å². The number of nitro groups is 1. The number of carbonyl (C=O) groups excluding carboxylic acids is 1. The van der Waals surface area contributed by atoms with Gasteiger partial charge in [-0.3, -0.25) is 19.9 Å². The van der Waals surface area contributed by atoms with E-state index in [2.05, 4.69) is 4.98 Å². The fourth-order valence-electron chi connectivity index (χ4n) is 2.35. The van der Waals surface area contributed by atoms with Crippen LogP contribution in [-0.4, -0.2) is 33.8 Å². The molecule has 0 unspecified atom stereocenters. The highest BCUT2D eigenvalue weighted by Crippen LogP contribution is 2.18. The molecule has 7 nitrogen and oxygen atoms in total. The highest BCUT2D eigenvalue weighted by atomic mass is 16.6. The summed E-state index contributed by atoms with van der Waals surface area (Å²) in [4.78, 5) is 28.9. The Hall–Kier alpha value is -2.80. The molecule has 0 spiro atoms. The standard InChI is InChI=1S/C17H20N4O3/c1-13-16(10-15(11-19-13)21(23)24)17(22)20(9-5-8-18)12-14-6-3-2-4-7-14/h2-4,6-7,10-11H,5,8-9,12,18H2,1H3. The average molecular weight is 328 g/mol. The molecule has 0 aliphatic carbocycles. The average Bonchev–Trinajstić information content (AvgIpc) is 2.59. The van der Waals surface area contributed by atoms with E-state index in [9.17, 15) is 14.9 Å². The Morgan fingerprint density at radius 2 is 2.04 bits per heavy atom. The van der Waals surface area contributed by atoms with Gasteiger partial charge in [-0.15, -0.1) is 0 Å². The maximum atomic E-state index is 12.9. The lowest BCUT2D eigenvalue weighted by Crippen LogP contribution is -2.33. The molecule has 1 aromatic carbocycles. The largest absolute Gasteiger partial charge is 0.334 e. The molecule has 1 heterocycles. The highest BCUT2D eigenvalue weighted by Gasteiger charge is 2.21. The molecular weight excluding hydrogens is 308 g/mol. The van der Waals surface area contributed by atoms with Gasteiger partial charge in [0.15, 0.2) is 0 Å². The van der Waals surface area contributed by atoms with Crippen molar-refractivity contribution in [1.29, 1.82) is 0 Å². The van der Waals surface area contributed by atoms with Gasteiger partial charge in [0.25, 0.3) is 11.6 Å². The Morgan fingerprint density at radius 1 is 1.33 bits per heavy atom. The van der Waals surface area contributed by atoms with Crippen LogP contribution in [0.25, 0.3) is 0 Å². The number of hydrogen-bond acceptors (Lipinski definition) is 5. The lowest BCUT2D eigenvalue weighted by molar-refractivity contribution is -0.385. The molecule has 0 fully saturated rings. The molecule has 0 saturated heterocycles. The van der Waals surface area contributed by atoms with E-state index in [1.807, 2.05) is 30.3 Å².